The van der Waals surface area contributed by atoms with Crippen molar-refractivity contribution in [2.24, 2.45) is 0 Å². The van der Waals surface area contributed by atoms with Crippen LogP contribution >= 0.6 is 0 Å². The third-order valence-electron chi connectivity index (χ3n) is 5.46. The molecular formula is C27H26N2O4. The number of aromatic nitrogens is 2. The van der Waals surface area contributed by atoms with Gasteiger partial charge in [0.2, 0.25) is 0 Å². The van der Waals surface area contributed by atoms with Crippen LogP contribution in [0.15, 0.2) is 59.4 Å². The van der Waals surface area contributed by atoms with Crippen LogP contribution < -0.4 is 15.0 Å². The number of nitrogens with zero attached hydrogens (tertiary/aromatic N) is 2. The Labute approximate surface area is 192 Å². The molecule has 0 aliphatic carbocycles. The zero-order valence-corrected chi connectivity index (χ0v) is 19.1. The fourth-order valence-electron chi connectivity index (χ4n) is 4.00. The number of aryl methyl sites for hydroxylation is 2. The summed E-state index contributed by atoms with van der Waals surface area (Å²) in [7, 11) is 1.50. The van der Waals surface area contributed by atoms with Crippen LogP contribution in [-0.4, -0.2) is 28.4 Å². The summed E-state index contributed by atoms with van der Waals surface area (Å²) >= 11 is 0. The first-order chi connectivity index (χ1) is 15.9. The maximum Gasteiger partial charge on any atom is 0.266 e. The van der Waals surface area contributed by atoms with Gasteiger partial charge >= 0.3 is 0 Å². The molecule has 168 valence electrons. The Morgan fingerprint density at radius 1 is 1.03 bits per heavy atom. The molecule has 3 aromatic carbocycles. The first-order valence-electron chi connectivity index (χ1n) is 10.7. The minimum Gasteiger partial charge on any atom is -0.504 e. The Kier molecular flexibility index (Phi) is 6.18. The third kappa shape index (κ3) is 4.20. The van der Waals surface area contributed by atoms with Gasteiger partial charge in [0, 0.05) is 5.56 Å². The molecule has 6 nitrogen and oxygen atoms in total. The van der Waals surface area contributed by atoms with Gasteiger partial charge in [-0.25, -0.2) is 4.98 Å². The average Bonchev–Trinajstić information content (AvgIpc) is 2.80. The summed E-state index contributed by atoms with van der Waals surface area (Å²) in [5.41, 5.74) is 3.56. The van der Waals surface area contributed by atoms with Crippen LogP contribution in [0.1, 0.15) is 29.4 Å². The number of methoxy groups -OCH3 is 1. The number of phenolic OH excluding ortho intramolecular Hbond substituents is 1. The van der Waals surface area contributed by atoms with Crippen molar-refractivity contribution in [3.63, 3.8) is 0 Å². The van der Waals surface area contributed by atoms with Crippen LogP contribution in [0.2, 0.25) is 0 Å². The van der Waals surface area contributed by atoms with Crippen LogP contribution in [-0.2, 0) is 0 Å². The molecule has 0 saturated carbocycles. The molecule has 0 amide bonds. The maximum absolute atomic E-state index is 13.6. The van der Waals surface area contributed by atoms with Crippen LogP contribution in [0.25, 0.3) is 28.7 Å². The Hall–Kier alpha value is -4.06. The molecule has 0 saturated heterocycles. The van der Waals surface area contributed by atoms with Gasteiger partial charge in [-0.05, 0) is 74.4 Å². The van der Waals surface area contributed by atoms with Gasteiger partial charge in [0.05, 0.1) is 30.3 Å². The summed E-state index contributed by atoms with van der Waals surface area (Å²) in [5, 5.41) is 11.0. The number of aromatic hydroxyl groups is 1. The Morgan fingerprint density at radius 3 is 2.45 bits per heavy atom. The first kappa shape index (κ1) is 22.1. The van der Waals surface area contributed by atoms with Crippen molar-refractivity contribution >= 4 is 23.1 Å². The summed E-state index contributed by atoms with van der Waals surface area (Å²) in [4.78, 5) is 18.4. The van der Waals surface area contributed by atoms with Gasteiger partial charge < -0.3 is 14.6 Å². The molecule has 0 aliphatic rings. The molecule has 0 atom stereocenters. The number of phenols is 1. The fourth-order valence-corrected chi connectivity index (χ4v) is 4.00. The Bertz CT molecular complexity index is 1400. The monoisotopic (exact) mass is 442 g/mol. The second-order valence-electron chi connectivity index (χ2n) is 7.70. The van der Waals surface area contributed by atoms with Crippen molar-refractivity contribution in [2.75, 3.05) is 13.7 Å². The molecule has 0 radical (unpaired) electrons. The highest BCUT2D eigenvalue weighted by Crippen LogP contribution is 2.31. The maximum atomic E-state index is 13.6. The standard InChI is InChI=1S/C27H26N2O4/c1-5-33-20-15-17(2)25(18(3)16-20)29-24(28-22-11-7-6-10-21(22)27(29)31)14-13-19-9-8-12-23(32-4)26(19)30/h6-16,30H,5H2,1-4H3/b14-13+. The van der Waals surface area contributed by atoms with Gasteiger partial charge in [0.1, 0.15) is 11.6 Å². The van der Waals surface area contributed by atoms with E-state index in [1.165, 1.54) is 7.11 Å². The summed E-state index contributed by atoms with van der Waals surface area (Å²) in [6, 6.07) is 16.4. The number of para-hydroxylation sites is 2. The van der Waals surface area contributed by atoms with Gasteiger partial charge in [0.25, 0.3) is 5.56 Å². The predicted molar refractivity (Wildman–Crippen MR) is 132 cm³/mol. The summed E-state index contributed by atoms with van der Waals surface area (Å²) in [6.07, 6.45) is 3.46. The molecule has 4 aromatic rings. The van der Waals surface area contributed by atoms with Gasteiger partial charge in [-0.1, -0.05) is 24.3 Å². The molecule has 33 heavy (non-hydrogen) atoms. The Balaban J connectivity index is 1.96. The summed E-state index contributed by atoms with van der Waals surface area (Å²) in [6.45, 7) is 6.41. The smallest absolute Gasteiger partial charge is 0.266 e. The molecule has 0 aliphatic heterocycles. The second-order valence-corrected chi connectivity index (χ2v) is 7.70. The first-order valence-corrected chi connectivity index (χ1v) is 10.7. The van der Waals surface area contributed by atoms with E-state index in [1.54, 1.807) is 41.0 Å². The van der Waals surface area contributed by atoms with Crippen molar-refractivity contribution in [2.45, 2.75) is 20.8 Å². The highest BCUT2D eigenvalue weighted by molar-refractivity contribution is 5.81. The molecule has 0 unspecified atom stereocenters. The number of benzene rings is 3. The number of hydrogen-bond acceptors (Lipinski definition) is 5. The largest absolute Gasteiger partial charge is 0.504 e. The minimum atomic E-state index is -0.162. The zero-order valence-electron chi connectivity index (χ0n) is 19.1. The number of fused-ring (bicyclic) bond motifs is 1. The van der Waals surface area contributed by atoms with Crippen molar-refractivity contribution in [3.8, 4) is 22.9 Å². The SMILES string of the molecule is CCOc1cc(C)c(-n2c(/C=C/c3cccc(OC)c3O)nc3ccccc3c2=O)c(C)c1. The molecule has 0 fully saturated rings. The molecule has 0 bridgehead atoms. The van der Waals surface area contributed by atoms with Crippen molar-refractivity contribution in [3.05, 3.63) is 87.5 Å². The average molecular weight is 443 g/mol. The van der Waals surface area contributed by atoms with Gasteiger partial charge in [0.15, 0.2) is 11.5 Å². The van der Waals surface area contributed by atoms with Crippen molar-refractivity contribution in [1.29, 1.82) is 0 Å². The number of ether oxygens (including phenoxy) is 2. The van der Waals surface area contributed by atoms with E-state index in [-0.39, 0.29) is 11.3 Å². The molecule has 1 N–H and O–H groups in total. The number of hydrogen-bond donors (Lipinski definition) is 1. The molecular weight excluding hydrogens is 416 g/mol. The molecule has 1 heterocycles. The summed E-state index contributed by atoms with van der Waals surface area (Å²) in [5.74, 6) is 1.62. The lowest BCUT2D eigenvalue weighted by atomic mass is 10.1. The van der Waals surface area contributed by atoms with Crippen LogP contribution in [0, 0.1) is 13.8 Å². The van der Waals surface area contributed by atoms with Crippen molar-refractivity contribution in [1.82, 2.24) is 9.55 Å². The van der Waals surface area contributed by atoms with E-state index in [0.29, 0.717) is 34.6 Å². The molecule has 4 rings (SSSR count). The van der Waals surface area contributed by atoms with E-state index < -0.39 is 0 Å². The number of rotatable bonds is 6. The van der Waals surface area contributed by atoms with E-state index in [4.69, 9.17) is 14.5 Å². The highest BCUT2D eigenvalue weighted by atomic mass is 16.5. The normalized spacial score (nSPS) is 11.3. The minimum absolute atomic E-state index is 0.0272. The zero-order chi connectivity index (χ0) is 23.5. The molecule has 0 spiro atoms. The Morgan fingerprint density at radius 2 is 1.76 bits per heavy atom. The summed E-state index contributed by atoms with van der Waals surface area (Å²) < 4.78 is 12.5. The van der Waals surface area contributed by atoms with E-state index in [0.717, 1.165) is 22.6 Å². The van der Waals surface area contributed by atoms with Crippen LogP contribution in [0.3, 0.4) is 0 Å². The lowest BCUT2D eigenvalue weighted by Gasteiger charge is -2.18. The molecule has 1 aromatic heterocycles. The lowest BCUT2D eigenvalue weighted by molar-refractivity contribution is 0.340. The lowest BCUT2D eigenvalue weighted by Crippen LogP contribution is -2.24. The quantitative estimate of drug-likeness (QED) is 0.439. The van der Waals surface area contributed by atoms with E-state index in [1.807, 2.05) is 51.1 Å². The molecule has 6 heteroatoms. The van der Waals surface area contributed by atoms with Gasteiger partial charge in [-0.15, -0.1) is 0 Å². The predicted octanol–water partition coefficient (Wildman–Crippen LogP) is 5.29. The van der Waals surface area contributed by atoms with E-state index >= 15 is 0 Å². The topological polar surface area (TPSA) is 73.6 Å². The van der Waals surface area contributed by atoms with Crippen LogP contribution in [0.4, 0.5) is 0 Å². The highest BCUT2D eigenvalue weighted by Gasteiger charge is 2.16. The van der Waals surface area contributed by atoms with E-state index in [2.05, 4.69) is 0 Å². The van der Waals surface area contributed by atoms with Gasteiger partial charge in [-0.2, -0.15) is 0 Å². The van der Waals surface area contributed by atoms with Crippen molar-refractivity contribution < 1.29 is 14.6 Å². The third-order valence-corrected chi connectivity index (χ3v) is 5.46. The van der Waals surface area contributed by atoms with Gasteiger partial charge in [-0.3, -0.25) is 9.36 Å². The second kappa shape index (κ2) is 9.20. The fraction of sp³-hybridized carbons (Fsp3) is 0.185. The van der Waals surface area contributed by atoms with E-state index in [9.17, 15) is 9.90 Å². The van der Waals surface area contributed by atoms with Crippen LogP contribution in [0.5, 0.6) is 17.2 Å².